The van der Waals surface area contributed by atoms with Crippen LogP contribution in [0.5, 0.6) is 17.2 Å². The van der Waals surface area contributed by atoms with Crippen LogP contribution in [0.3, 0.4) is 0 Å². The molecule has 0 bridgehead atoms. The number of amides is 1. The highest BCUT2D eigenvalue weighted by molar-refractivity contribution is 5.86. The van der Waals surface area contributed by atoms with Gasteiger partial charge in [-0.3, -0.25) is 4.79 Å². The lowest BCUT2D eigenvalue weighted by Crippen LogP contribution is -2.34. The lowest BCUT2D eigenvalue weighted by molar-refractivity contribution is -0.141. The minimum Gasteiger partial charge on any atom is -0.493 e. The van der Waals surface area contributed by atoms with Gasteiger partial charge in [-0.15, -0.1) is 0 Å². The Morgan fingerprint density at radius 3 is 2.04 bits per heavy atom. The third-order valence-electron chi connectivity index (χ3n) is 3.77. The van der Waals surface area contributed by atoms with Gasteiger partial charge in [-0.2, -0.15) is 0 Å². The van der Waals surface area contributed by atoms with Crippen molar-refractivity contribution in [1.29, 1.82) is 0 Å². The van der Waals surface area contributed by atoms with Crippen molar-refractivity contribution >= 4 is 11.9 Å². The fraction of sp³-hybridized carbons (Fsp3) is 0.263. The van der Waals surface area contributed by atoms with E-state index >= 15 is 0 Å². The SMILES string of the molecule is COc1cc(CC(=O)N[C@H](C(=O)O)c2ccccc2)cc(OC)c1OC. The predicted molar refractivity (Wildman–Crippen MR) is 94.8 cm³/mol. The lowest BCUT2D eigenvalue weighted by atomic mass is 10.1. The van der Waals surface area contributed by atoms with Crippen LogP contribution in [0.2, 0.25) is 0 Å². The summed E-state index contributed by atoms with van der Waals surface area (Å²) >= 11 is 0. The average Bonchev–Trinajstić information content (AvgIpc) is 2.65. The van der Waals surface area contributed by atoms with Crippen LogP contribution < -0.4 is 19.5 Å². The van der Waals surface area contributed by atoms with Crippen LogP contribution in [-0.2, 0) is 16.0 Å². The molecule has 0 saturated carbocycles. The molecule has 1 atom stereocenters. The number of carboxylic acids is 1. The largest absolute Gasteiger partial charge is 0.493 e. The van der Waals surface area contributed by atoms with Crippen LogP contribution in [0.4, 0.5) is 0 Å². The number of rotatable bonds is 8. The molecular formula is C19H21NO6. The summed E-state index contributed by atoms with van der Waals surface area (Å²) in [5.41, 5.74) is 1.10. The maximum absolute atomic E-state index is 12.4. The zero-order chi connectivity index (χ0) is 19.1. The van der Waals surface area contributed by atoms with Crippen LogP contribution >= 0.6 is 0 Å². The zero-order valence-electron chi connectivity index (χ0n) is 14.8. The highest BCUT2D eigenvalue weighted by Gasteiger charge is 2.22. The maximum Gasteiger partial charge on any atom is 0.330 e. The van der Waals surface area contributed by atoms with Crippen LogP contribution in [0.15, 0.2) is 42.5 Å². The molecule has 1 amide bonds. The molecule has 138 valence electrons. The highest BCUT2D eigenvalue weighted by atomic mass is 16.5. The average molecular weight is 359 g/mol. The summed E-state index contributed by atoms with van der Waals surface area (Å²) in [7, 11) is 4.46. The Hall–Kier alpha value is -3.22. The topological polar surface area (TPSA) is 94.1 Å². The summed E-state index contributed by atoms with van der Waals surface area (Å²) in [5.74, 6) is -0.295. The van der Waals surface area contributed by atoms with Crippen molar-refractivity contribution in [2.24, 2.45) is 0 Å². The number of nitrogens with one attached hydrogen (secondary N) is 1. The van der Waals surface area contributed by atoms with E-state index in [0.29, 0.717) is 28.4 Å². The van der Waals surface area contributed by atoms with Gasteiger partial charge in [0.15, 0.2) is 17.5 Å². The smallest absolute Gasteiger partial charge is 0.330 e. The summed E-state index contributed by atoms with van der Waals surface area (Å²) in [5, 5.41) is 11.9. The summed E-state index contributed by atoms with van der Waals surface area (Å²) in [4.78, 5) is 23.9. The number of carboxylic acid groups (broad SMARTS) is 1. The number of benzene rings is 2. The molecule has 0 aliphatic rings. The number of hydrogen-bond acceptors (Lipinski definition) is 5. The monoisotopic (exact) mass is 359 g/mol. The Morgan fingerprint density at radius 2 is 1.58 bits per heavy atom. The van der Waals surface area contributed by atoms with Crippen molar-refractivity contribution in [1.82, 2.24) is 5.32 Å². The second-order valence-corrected chi connectivity index (χ2v) is 5.46. The fourth-order valence-electron chi connectivity index (χ4n) is 2.57. The predicted octanol–water partition coefficient (Wildman–Crippen LogP) is 2.20. The van der Waals surface area contributed by atoms with Crippen molar-refractivity contribution in [2.45, 2.75) is 12.5 Å². The number of carbonyl (C=O) groups is 2. The molecule has 26 heavy (non-hydrogen) atoms. The van der Waals surface area contributed by atoms with Gasteiger partial charge in [0.2, 0.25) is 11.7 Å². The quantitative estimate of drug-likeness (QED) is 0.750. The number of ether oxygens (including phenoxy) is 3. The minimum absolute atomic E-state index is 0.0344. The number of carbonyl (C=O) groups excluding carboxylic acids is 1. The molecule has 0 fully saturated rings. The second-order valence-electron chi connectivity index (χ2n) is 5.46. The van der Waals surface area contributed by atoms with E-state index in [0.717, 1.165) is 0 Å². The van der Waals surface area contributed by atoms with Crippen LogP contribution in [0.1, 0.15) is 17.2 Å². The number of hydrogen-bond donors (Lipinski definition) is 2. The third-order valence-corrected chi connectivity index (χ3v) is 3.77. The van der Waals surface area contributed by atoms with E-state index in [9.17, 15) is 14.7 Å². The molecule has 0 aliphatic carbocycles. The van der Waals surface area contributed by atoms with Crippen molar-refractivity contribution in [2.75, 3.05) is 21.3 Å². The van der Waals surface area contributed by atoms with Crippen LogP contribution in [0, 0.1) is 0 Å². The Bertz CT molecular complexity index is 750. The van der Waals surface area contributed by atoms with Gasteiger partial charge in [-0.1, -0.05) is 30.3 Å². The van der Waals surface area contributed by atoms with Crippen LogP contribution in [0.25, 0.3) is 0 Å². The Kier molecular flexibility index (Phi) is 6.43. The zero-order valence-corrected chi connectivity index (χ0v) is 14.8. The lowest BCUT2D eigenvalue weighted by Gasteiger charge is -2.16. The molecule has 0 unspecified atom stereocenters. The van der Waals surface area contributed by atoms with E-state index in [1.54, 1.807) is 42.5 Å². The van der Waals surface area contributed by atoms with E-state index in [-0.39, 0.29) is 6.42 Å². The molecule has 2 rings (SSSR count). The molecule has 0 saturated heterocycles. The van der Waals surface area contributed by atoms with Gasteiger partial charge in [0.05, 0.1) is 27.8 Å². The Labute approximate surface area is 151 Å². The molecule has 0 aliphatic heterocycles. The van der Waals surface area contributed by atoms with Gasteiger partial charge in [0.25, 0.3) is 0 Å². The van der Waals surface area contributed by atoms with E-state index in [1.807, 2.05) is 0 Å². The van der Waals surface area contributed by atoms with E-state index < -0.39 is 17.9 Å². The van der Waals surface area contributed by atoms with Gasteiger partial charge in [-0.05, 0) is 23.3 Å². The molecular weight excluding hydrogens is 338 g/mol. The second kappa shape index (κ2) is 8.75. The Balaban J connectivity index is 2.20. The molecule has 2 aromatic carbocycles. The van der Waals surface area contributed by atoms with Crippen molar-refractivity contribution in [3.8, 4) is 17.2 Å². The molecule has 0 aromatic heterocycles. The first-order valence-electron chi connectivity index (χ1n) is 7.86. The highest BCUT2D eigenvalue weighted by Crippen LogP contribution is 2.38. The Morgan fingerprint density at radius 1 is 1.00 bits per heavy atom. The van der Waals surface area contributed by atoms with Crippen molar-refractivity contribution in [3.63, 3.8) is 0 Å². The van der Waals surface area contributed by atoms with Gasteiger partial charge in [-0.25, -0.2) is 4.79 Å². The molecule has 7 nitrogen and oxygen atoms in total. The first-order valence-corrected chi connectivity index (χ1v) is 7.86. The third kappa shape index (κ3) is 4.44. The molecule has 2 aromatic rings. The van der Waals surface area contributed by atoms with Crippen molar-refractivity contribution in [3.05, 3.63) is 53.6 Å². The molecule has 2 N–H and O–H groups in total. The molecule has 0 spiro atoms. The summed E-state index contributed by atoms with van der Waals surface area (Å²) < 4.78 is 15.8. The van der Waals surface area contributed by atoms with E-state index in [4.69, 9.17) is 14.2 Å². The fourth-order valence-corrected chi connectivity index (χ4v) is 2.57. The van der Waals surface area contributed by atoms with E-state index in [1.165, 1.54) is 21.3 Å². The first-order chi connectivity index (χ1) is 12.5. The van der Waals surface area contributed by atoms with Crippen molar-refractivity contribution < 1.29 is 28.9 Å². The van der Waals surface area contributed by atoms with Gasteiger partial charge in [0, 0.05) is 0 Å². The normalized spacial score (nSPS) is 11.3. The van der Waals surface area contributed by atoms with Gasteiger partial charge < -0.3 is 24.6 Å². The van der Waals surface area contributed by atoms with Gasteiger partial charge in [0.1, 0.15) is 0 Å². The summed E-state index contributed by atoms with van der Waals surface area (Å²) in [6.45, 7) is 0. The van der Waals surface area contributed by atoms with Gasteiger partial charge >= 0.3 is 5.97 Å². The van der Waals surface area contributed by atoms with Crippen LogP contribution in [-0.4, -0.2) is 38.3 Å². The summed E-state index contributed by atoms with van der Waals surface area (Å²) in [6.07, 6.45) is -0.0344. The summed E-state index contributed by atoms with van der Waals surface area (Å²) in [6, 6.07) is 10.7. The molecule has 7 heteroatoms. The maximum atomic E-state index is 12.4. The first kappa shape index (κ1) is 19.1. The minimum atomic E-state index is -1.13. The number of aliphatic carboxylic acids is 1. The number of methoxy groups -OCH3 is 3. The standard InChI is InChI=1S/C19H21NO6/c1-24-14-9-12(10-15(25-2)18(14)26-3)11-16(21)20-17(19(22)23)13-7-5-4-6-8-13/h4-10,17H,11H2,1-3H3,(H,20,21)(H,22,23)/t17-/m0/s1. The molecule has 0 heterocycles. The van der Waals surface area contributed by atoms with E-state index in [2.05, 4.69) is 5.32 Å². The molecule has 0 radical (unpaired) electrons.